The van der Waals surface area contributed by atoms with E-state index in [1.807, 2.05) is 0 Å². The van der Waals surface area contributed by atoms with Crippen molar-refractivity contribution in [1.82, 2.24) is 0 Å². The number of phosphoric ester groups is 1. The van der Waals surface area contributed by atoms with Crippen molar-refractivity contribution < 1.29 is 37.6 Å². The van der Waals surface area contributed by atoms with Crippen LogP contribution in [0.4, 0.5) is 0 Å². The van der Waals surface area contributed by atoms with Crippen LogP contribution in [0, 0.1) is 0 Å². The first kappa shape index (κ1) is 36.0. The van der Waals surface area contributed by atoms with E-state index in [1.165, 1.54) is 89.9 Å². The number of hydrogen-bond acceptors (Lipinski definition) is 6. The van der Waals surface area contributed by atoms with Gasteiger partial charge in [-0.1, -0.05) is 103 Å². The zero-order chi connectivity index (χ0) is 28.2. The van der Waals surface area contributed by atoms with Gasteiger partial charge in [0.15, 0.2) is 0 Å². The highest BCUT2D eigenvalue weighted by atomic mass is 31.2. The minimum atomic E-state index is -4.29. The molecular formula is C29H61NO7P+. The SMILES string of the molecule is CCCCCCCCCCCCCCCCCCOCC1(COP(=O)(O)OCC(O)[N+](C)(C)C)CCCO1. The Labute approximate surface area is 234 Å². The molecule has 1 saturated heterocycles. The summed E-state index contributed by atoms with van der Waals surface area (Å²) in [5, 5.41) is 10.0. The van der Waals surface area contributed by atoms with E-state index in [4.69, 9.17) is 18.5 Å². The first-order valence-electron chi connectivity index (χ1n) is 15.4. The number of aliphatic hydroxyl groups is 1. The maximum absolute atomic E-state index is 12.3. The van der Waals surface area contributed by atoms with Gasteiger partial charge in [0.1, 0.15) is 12.2 Å². The zero-order valence-corrected chi connectivity index (χ0v) is 26.1. The Balaban J connectivity index is 2.03. The number of hydrogen-bond donors (Lipinski definition) is 2. The molecule has 0 radical (unpaired) electrons. The van der Waals surface area contributed by atoms with E-state index in [9.17, 15) is 14.6 Å². The van der Waals surface area contributed by atoms with Crippen LogP contribution in [0.2, 0.25) is 0 Å². The van der Waals surface area contributed by atoms with Crippen LogP contribution in [0.15, 0.2) is 0 Å². The first-order chi connectivity index (χ1) is 18.1. The van der Waals surface area contributed by atoms with Gasteiger partial charge < -0.3 is 24.0 Å². The van der Waals surface area contributed by atoms with Crippen molar-refractivity contribution in [3.05, 3.63) is 0 Å². The lowest BCUT2D eigenvalue weighted by atomic mass is 10.0. The summed E-state index contributed by atoms with van der Waals surface area (Å²) in [4.78, 5) is 10.0. The van der Waals surface area contributed by atoms with Crippen molar-refractivity contribution in [2.24, 2.45) is 0 Å². The molecule has 1 aliphatic rings. The Kier molecular flexibility index (Phi) is 19.7. The molecule has 1 heterocycles. The third-order valence-corrected chi connectivity index (χ3v) is 8.39. The summed E-state index contributed by atoms with van der Waals surface area (Å²) >= 11 is 0. The van der Waals surface area contributed by atoms with Gasteiger partial charge in [0.25, 0.3) is 0 Å². The fourth-order valence-corrected chi connectivity index (χ4v) is 5.45. The molecule has 1 aliphatic heterocycles. The average Bonchev–Trinajstić information content (AvgIpc) is 3.34. The van der Waals surface area contributed by atoms with Crippen molar-refractivity contribution in [3.63, 3.8) is 0 Å². The van der Waals surface area contributed by atoms with Gasteiger partial charge in [-0.05, 0) is 19.3 Å². The van der Waals surface area contributed by atoms with Gasteiger partial charge in [0, 0.05) is 13.2 Å². The van der Waals surface area contributed by atoms with E-state index in [1.54, 1.807) is 21.1 Å². The van der Waals surface area contributed by atoms with E-state index in [0.29, 0.717) is 26.2 Å². The van der Waals surface area contributed by atoms with Crippen LogP contribution in [0.3, 0.4) is 0 Å². The van der Waals surface area contributed by atoms with Gasteiger partial charge in [0.05, 0.1) is 34.4 Å². The average molecular weight is 567 g/mol. The van der Waals surface area contributed by atoms with E-state index >= 15 is 0 Å². The van der Waals surface area contributed by atoms with Gasteiger partial charge in [-0.3, -0.25) is 9.05 Å². The van der Waals surface area contributed by atoms with Crippen molar-refractivity contribution in [3.8, 4) is 0 Å². The first-order valence-corrected chi connectivity index (χ1v) is 16.9. The van der Waals surface area contributed by atoms with Crippen LogP contribution in [-0.2, 0) is 23.1 Å². The molecular weight excluding hydrogens is 505 g/mol. The number of nitrogens with zero attached hydrogens (tertiary/aromatic N) is 1. The Hall–Kier alpha value is -0.0500. The molecule has 1 rings (SSSR count). The quantitative estimate of drug-likeness (QED) is 0.0505. The van der Waals surface area contributed by atoms with Crippen molar-refractivity contribution >= 4 is 7.82 Å². The molecule has 0 aliphatic carbocycles. The largest absolute Gasteiger partial charge is 0.472 e. The number of unbranched alkanes of at least 4 members (excludes halogenated alkanes) is 15. The lowest BCUT2D eigenvalue weighted by Gasteiger charge is -2.31. The second kappa shape index (κ2) is 20.8. The lowest BCUT2D eigenvalue weighted by molar-refractivity contribution is -0.918. The van der Waals surface area contributed by atoms with Crippen LogP contribution in [0.1, 0.15) is 122 Å². The van der Waals surface area contributed by atoms with Crippen molar-refractivity contribution in [2.75, 3.05) is 54.2 Å². The maximum atomic E-state index is 12.3. The molecule has 9 heteroatoms. The Morgan fingerprint density at radius 2 is 1.32 bits per heavy atom. The van der Waals surface area contributed by atoms with Crippen molar-refractivity contribution in [1.29, 1.82) is 0 Å². The predicted octanol–water partition coefficient (Wildman–Crippen LogP) is 6.97. The summed E-state index contributed by atoms with van der Waals surface area (Å²) in [7, 11) is 1.02. The molecule has 0 spiro atoms. The fourth-order valence-electron chi connectivity index (χ4n) is 4.66. The summed E-state index contributed by atoms with van der Waals surface area (Å²) in [6.45, 7) is 3.50. The third kappa shape index (κ3) is 18.3. The molecule has 3 unspecified atom stereocenters. The molecule has 0 aromatic rings. The Bertz CT molecular complexity index is 608. The number of ether oxygens (including phenoxy) is 2. The minimum absolute atomic E-state index is 0.0692. The molecule has 2 N–H and O–H groups in total. The highest BCUT2D eigenvalue weighted by molar-refractivity contribution is 7.47. The van der Waals surface area contributed by atoms with Gasteiger partial charge in [-0.25, -0.2) is 4.57 Å². The zero-order valence-electron chi connectivity index (χ0n) is 25.2. The fraction of sp³-hybridized carbons (Fsp3) is 1.00. The number of rotatable bonds is 26. The number of likely N-dealkylation sites (N-methyl/N-ethyl adjacent to an activating group) is 1. The van der Waals surface area contributed by atoms with Crippen LogP contribution in [0.25, 0.3) is 0 Å². The molecule has 0 bridgehead atoms. The highest BCUT2D eigenvalue weighted by Crippen LogP contribution is 2.45. The minimum Gasteiger partial charge on any atom is -0.378 e. The number of phosphoric acid groups is 1. The molecule has 3 atom stereocenters. The van der Waals surface area contributed by atoms with Crippen LogP contribution in [-0.4, -0.2) is 80.5 Å². The summed E-state index contributed by atoms with van der Waals surface area (Å²) in [6, 6.07) is 0. The number of quaternary nitrogens is 1. The Morgan fingerprint density at radius 1 is 0.816 bits per heavy atom. The van der Waals surface area contributed by atoms with Gasteiger partial charge >= 0.3 is 7.82 Å². The molecule has 0 aromatic heterocycles. The predicted molar refractivity (Wildman–Crippen MR) is 154 cm³/mol. The summed E-state index contributed by atoms with van der Waals surface area (Å²) in [6.07, 6.45) is 22.1. The van der Waals surface area contributed by atoms with E-state index in [0.717, 1.165) is 19.3 Å². The lowest BCUT2D eigenvalue weighted by Crippen LogP contribution is -2.47. The topological polar surface area (TPSA) is 94.5 Å². The molecule has 8 nitrogen and oxygen atoms in total. The smallest absolute Gasteiger partial charge is 0.378 e. The standard InChI is InChI=1S/C29H60NO7P/c1-5-6-7-8-9-10-11-12-13-14-15-16-17-18-19-20-23-34-26-29(22-21-24-35-29)27-37-38(32,33)36-25-28(31)30(2,3)4/h28,31H,5-27H2,1-4H3/p+1. The summed E-state index contributed by atoms with van der Waals surface area (Å²) in [5.74, 6) is 0. The molecule has 0 aromatic carbocycles. The monoisotopic (exact) mass is 566 g/mol. The van der Waals surface area contributed by atoms with Gasteiger partial charge in [0.2, 0.25) is 6.23 Å². The molecule has 38 heavy (non-hydrogen) atoms. The molecule has 228 valence electrons. The van der Waals surface area contributed by atoms with Crippen molar-refractivity contribution in [2.45, 2.75) is 134 Å². The van der Waals surface area contributed by atoms with E-state index < -0.39 is 19.7 Å². The van der Waals surface area contributed by atoms with Gasteiger partial charge in [-0.2, -0.15) is 0 Å². The normalized spacial score (nSPS) is 20.6. The molecule has 0 saturated carbocycles. The summed E-state index contributed by atoms with van der Waals surface area (Å²) < 4.78 is 34.4. The van der Waals surface area contributed by atoms with Crippen LogP contribution in [0.5, 0.6) is 0 Å². The highest BCUT2D eigenvalue weighted by Gasteiger charge is 2.39. The van der Waals surface area contributed by atoms with E-state index in [-0.39, 0.29) is 17.7 Å². The molecule has 0 amide bonds. The van der Waals surface area contributed by atoms with E-state index in [2.05, 4.69) is 6.92 Å². The van der Waals surface area contributed by atoms with Crippen LogP contribution >= 0.6 is 7.82 Å². The second-order valence-corrected chi connectivity index (χ2v) is 13.6. The maximum Gasteiger partial charge on any atom is 0.472 e. The Morgan fingerprint density at radius 3 is 1.76 bits per heavy atom. The number of aliphatic hydroxyl groups excluding tert-OH is 1. The summed E-state index contributed by atoms with van der Waals surface area (Å²) in [5.41, 5.74) is -0.713. The molecule has 1 fully saturated rings. The van der Waals surface area contributed by atoms with Gasteiger partial charge in [-0.15, -0.1) is 0 Å². The van der Waals surface area contributed by atoms with Crippen LogP contribution < -0.4 is 0 Å². The third-order valence-electron chi connectivity index (χ3n) is 7.46. The second-order valence-electron chi connectivity index (χ2n) is 12.1.